The Morgan fingerprint density at radius 3 is 2.17 bits per heavy atom. The van der Waals surface area contributed by atoms with Crippen LogP contribution in [0.2, 0.25) is 0 Å². The molecular weight excluding hydrogens is 236 g/mol. The zero-order chi connectivity index (χ0) is 14.5. The third kappa shape index (κ3) is 6.56. The number of nitrogens with two attached hydrogens (primary N) is 1. The maximum Gasteiger partial charge on any atom is 0.326 e. The van der Waals surface area contributed by atoms with Crippen molar-refractivity contribution in [2.75, 3.05) is 6.61 Å². The molecule has 0 saturated carbocycles. The fourth-order valence-electron chi connectivity index (χ4n) is 1.19. The van der Waals surface area contributed by atoms with Gasteiger partial charge >= 0.3 is 5.97 Å². The van der Waals surface area contributed by atoms with E-state index in [-0.39, 0.29) is 18.1 Å². The zero-order valence-corrected chi connectivity index (χ0v) is 11.7. The number of rotatable bonds is 6. The van der Waals surface area contributed by atoms with E-state index < -0.39 is 24.0 Å². The molecule has 2 unspecified atom stereocenters. The van der Waals surface area contributed by atoms with Crippen LogP contribution in [0.1, 0.15) is 34.6 Å². The lowest BCUT2D eigenvalue weighted by Gasteiger charge is -2.24. The maximum atomic E-state index is 11.7. The summed E-state index contributed by atoms with van der Waals surface area (Å²) in [7, 11) is 0. The smallest absolute Gasteiger partial charge is 0.326 e. The number of carboxylic acid groups (broad SMARTS) is 1. The van der Waals surface area contributed by atoms with E-state index in [1.165, 1.54) is 0 Å². The summed E-state index contributed by atoms with van der Waals surface area (Å²) < 4.78 is 5.38. The van der Waals surface area contributed by atoms with Gasteiger partial charge in [0.1, 0.15) is 12.1 Å². The monoisotopic (exact) mass is 260 g/mol. The highest BCUT2D eigenvalue weighted by molar-refractivity contribution is 5.86. The van der Waals surface area contributed by atoms with E-state index in [1.807, 2.05) is 20.8 Å². The molecule has 0 aromatic rings. The van der Waals surface area contributed by atoms with Crippen molar-refractivity contribution < 1.29 is 19.4 Å². The minimum absolute atomic E-state index is 0.0553. The molecule has 4 N–H and O–H groups in total. The largest absolute Gasteiger partial charge is 0.480 e. The second kappa shape index (κ2) is 6.70. The van der Waals surface area contributed by atoms with Crippen molar-refractivity contribution in [3.05, 3.63) is 0 Å². The summed E-state index contributed by atoms with van der Waals surface area (Å²) in [5, 5.41) is 11.4. The Morgan fingerprint density at radius 1 is 1.33 bits per heavy atom. The van der Waals surface area contributed by atoms with Crippen LogP contribution >= 0.6 is 0 Å². The predicted molar refractivity (Wildman–Crippen MR) is 68.1 cm³/mol. The van der Waals surface area contributed by atoms with Gasteiger partial charge in [-0.2, -0.15) is 0 Å². The second-order valence-electron chi connectivity index (χ2n) is 5.60. The first-order valence-corrected chi connectivity index (χ1v) is 5.97. The lowest BCUT2D eigenvalue weighted by Crippen LogP contribution is -2.52. The van der Waals surface area contributed by atoms with Crippen molar-refractivity contribution in [2.24, 2.45) is 11.7 Å². The second-order valence-corrected chi connectivity index (χ2v) is 5.60. The molecule has 2 atom stereocenters. The lowest BCUT2D eigenvalue weighted by molar-refractivity contribution is -0.143. The van der Waals surface area contributed by atoms with Crippen molar-refractivity contribution in [3.8, 4) is 0 Å². The summed E-state index contributed by atoms with van der Waals surface area (Å²) in [5.74, 6) is -1.79. The topological polar surface area (TPSA) is 102 Å². The SMILES string of the molecule is CC(C)C(NC(=O)C(N)COC(C)(C)C)C(=O)O. The van der Waals surface area contributed by atoms with Crippen LogP contribution in [0.25, 0.3) is 0 Å². The highest BCUT2D eigenvalue weighted by atomic mass is 16.5. The van der Waals surface area contributed by atoms with Crippen molar-refractivity contribution in [2.45, 2.75) is 52.3 Å². The summed E-state index contributed by atoms with van der Waals surface area (Å²) in [5.41, 5.74) is 5.26. The molecule has 0 rings (SSSR count). The lowest BCUT2D eigenvalue weighted by atomic mass is 10.0. The Morgan fingerprint density at radius 2 is 1.83 bits per heavy atom. The quantitative estimate of drug-likeness (QED) is 0.640. The van der Waals surface area contributed by atoms with Gasteiger partial charge in [0.15, 0.2) is 0 Å². The van der Waals surface area contributed by atoms with Crippen LogP contribution in [0.3, 0.4) is 0 Å². The van der Waals surface area contributed by atoms with Crippen molar-refractivity contribution >= 4 is 11.9 Å². The number of hydrogen-bond acceptors (Lipinski definition) is 4. The van der Waals surface area contributed by atoms with Crippen LogP contribution in [0.4, 0.5) is 0 Å². The Balaban J connectivity index is 4.34. The van der Waals surface area contributed by atoms with Crippen LogP contribution in [-0.2, 0) is 14.3 Å². The molecule has 0 aliphatic heterocycles. The van der Waals surface area contributed by atoms with E-state index in [1.54, 1.807) is 13.8 Å². The predicted octanol–water partition coefficient (Wildman–Crippen LogP) is 0.354. The average Bonchev–Trinajstić information content (AvgIpc) is 2.19. The summed E-state index contributed by atoms with van der Waals surface area (Å²) in [6.45, 7) is 9.05. The molecule has 0 bridgehead atoms. The molecule has 0 fully saturated rings. The molecule has 0 aliphatic carbocycles. The normalized spacial score (nSPS) is 15.3. The molecule has 0 saturated heterocycles. The molecule has 0 aromatic carbocycles. The number of carbonyl (C=O) groups is 2. The summed E-state index contributed by atoms with van der Waals surface area (Å²) in [4.78, 5) is 22.6. The van der Waals surface area contributed by atoms with Gasteiger partial charge in [-0.3, -0.25) is 4.79 Å². The molecule has 0 radical (unpaired) electrons. The first kappa shape index (κ1) is 16.9. The van der Waals surface area contributed by atoms with Crippen LogP contribution in [0.5, 0.6) is 0 Å². The summed E-state index contributed by atoms with van der Waals surface area (Å²) in [6.07, 6.45) is 0. The maximum absolute atomic E-state index is 11.7. The van der Waals surface area contributed by atoms with Gasteiger partial charge in [-0.25, -0.2) is 4.79 Å². The highest BCUT2D eigenvalue weighted by Crippen LogP contribution is 2.07. The van der Waals surface area contributed by atoms with Gasteiger partial charge in [0.25, 0.3) is 0 Å². The number of hydrogen-bond donors (Lipinski definition) is 3. The first-order valence-electron chi connectivity index (χ1n) is 5.97. The fraction of sp³-hybridized carbons (Fsp3) is 0.833. The van der Waals surface area contributed by atoms with Crippen LogP contribution in [0, 0.1) is 5.92 Å². The van der Waals surface area contributed by atoms with E-state index >= 15 is 0 Å². The molecule has 6 heteroatoms. The van der Waals surface area contributed by atoms with Crippen LogP contribution in [0.15, 0.2) is 0 Å². The van der Waals surface area contributed by atoms with Crippen LogP contribution in [-0.4, -0.2) is 41.3 Å². The summed E-state index contributed by atoms with van der Waals surface area (Å²) >= 11 is 0. The van der Waals surface area contributed by atoms with E-state index in [0.29, 0.717) is 0 Å². The minimum atomic E-state index is -1.07. The van der Waals surface area contributed by atoms with Crippen molar-refractivity contribution in [1.29, 1.82) is 0 Å². The van der Waals surface area contributed by atoms with E-state index in [0.717, 1.165) is 0 Å². The molecule has 0 heterocycles. The molecule has 0 aliphatic rings. The number of amides is 1. The Bertz CT molecular complexity index is 297. The van der Waals surface area contributed by atoms with E-state index in [4.69, 9.17) is 15.6 Å². The number of carboxylic acids is 1. The van der Waals surface area contributed by atoms with E-state index in [2.05, 4.69) is 5.32 Å². The number of aliphatic carboxylic acids is 1. The Kier molecular flexibility index (Phi) is 6.28. The summed E-state index contributed by atoms with van der Waals surface area (Å²) in [6, 6.07) is -1.80. The molecule has 0 spiro atoms. The Labute approximate surface area is 108 Å². The molecule has 6 nitrogen and oxygen atoms in total. The van der Waals surface area contributed by atoms with Gasteiger partial charge in [0.2, 0.25) is 5.91 Å². The molecule has 106 valence electrons. The Hall–Kier alpha value is -1.14. The van der Waals surface area contributed by atoms with E-state index in [9.17, 15) is 9.59 Å². The third-order valence-electron chi connectivity index (χ3n) is 2.26. The minimum Gasteiger partial charge on any atom is -0.480 e. The molecule has 0 aromatic heterocycles. The number of ether oxygens (including phenoxy) is 1. The average molecular weight is 260 g/mol. The van der Waals surface area contributed by atoms with Crippen molar-refractivity contribution in [1.82, 2.24) is 5.32 Å². The van der Waals surface area contributed by atoms with Gasteiger partial charge in [-0.1, -0.05) is 13.8 Å². The van der Waals surface area contributed by atoms with Gasteiger partial charge in [-0.05, 0) is 26.7 Å². The number of carbonyl (C=O) groups excluding carboxylic acids is 1. The standard InChI is InChI=1S/C12H24N2O4/c1-7(2)9(11(16)17)14-10(15)8(13)6-18-12(3,4)5/h7-9H,6,13H2,1-5H3,(H,14,15)(H,16,17). The van der Waals surface area contributed by atoms with Gasteiger partial charge in [0.05, 0.1) is 12.2 Å². The van der Waals surface area contributed by atoms with Gasteiger partial charge in [-0.15, -0.1) is 0 Å². The van der Waals surface area contributed by atoms with Gasteiger partial charge in [0, 0.05) is 0 Å². The number of nitrogens with one attached hydrogen (secondary N) is 1. The van der Waals surface area contributed by atoms with Crippen molar-refractivity contribution in [3.63, 3.8) is 0 Å². The zero-order valence-electron chi connectivity index (χ0n) is 11.7. The molecule has 18 heavy (non-hydrogen) atoms. The molecule has 1 amide bonds. The fourth-order valence-corrected chi connectivity index (χ4v) is 1.19. The molecular formula is C12H24N2O4. The highest BCUT2D eigenvalue weighted by Gasteiger charge is 2.26. The first-order chi connectivity index (χ1) is 8.04. The third-order valence-corrected chi connectivity index (χ3v) is 2.26. The van der Waals surface area contributed by atoms with Crippen LogP contribution < -0.4 is 11.1 Å². The van der Waals surface area contributed by atoms with Gasteiger partial charge < -0.3 is 20.9 Å².